The lowest BCUT2D eigenvalue weighted by Crippen LogP contribution is -2.22. The summed E-state index contributed by atoms with van der Waals surface area (Å²) in [6.07, 6.45) is 13.4. The summed E-state index contributed by atoms with van der Waals surface area (Å²) >= 11 is 0. The van der Waals surface area contributed by atoms with E-state index >= 15 is 0 Å². The lowest BCUT2D eigenvalue weighted by molar-refractivity contribution is 0.198. The van der Waals surface area contributed by atoms with E-state index in [9.17, 15) is 5.11 Å². The van der Waals surface area contributed by atoms with Crippen molar-refractivity contribution in [1.82, 2.24) is 9.97 Å². The summed E-state index contributed by atoms with van der Waals surface area (Å²) in [7, 11) is 0. The summed E-state index contributed by atoms with van der Waals surface area (Å²) in [5, 5.41) is 9.60. The van der Waals surface area contributed by atoms with Gasteiger partial charge in [-0.05, 0) is 37.3 Å². The fourth-order valence-corrected chi connectivity index (χ4v) is 3.12. The van der Waals surface area contributed by atoms with Crippen molar-refractivity contribution in [3.05, 3.63) is 24.2 Å². The molecule has 108 valence electrons. The Labute approximate surface area is 120 Å². The van der Waals surface area contributed by atoms with Gasteiger partial charge >= 0.3 is 0 Å². The second-order valence-corrected chi connectivity index (χ2v) is 5.92. The van der Waals surface area contributed by atoms with Crippen LogP contribution in [0.2, 0.25) is 0 Å². The van der Waals surface area contributed by atoms with Crippen LogP contribution in [0.5, 0.6) is 0 Å². The van der Waals surface area contributed by atoms with Crippen LogP contribution in [0.1, 0.15) is 44.3 Å². The van der Waals surface area contributed by atoms with E-state index in [4.69, 9.17) is 0 Å². The molecule has 1 saturated carbocycles. The minimum atomic E-state index is -0.216. The van der Waals surface area contributed by atoms with E-state index in [0.29, 0.717) is 12.5 Å². The molecule has 0 amide bonds. The number of aromatic nitrogens is 2. The van der Waals surface area contributed by atoms with Crippen LogP contribution >= 0.6 is 0 Å². The molecule has 0 unspecified atom stereocenters. The Bertz CT molecular complexity index is 469. The summed E-state index contributed by atoms with van der Waals surface area (Å²) in [4.78, 5) is 11.0. The van der Waals surface area contributed by atoms with Gasteiger partial charge in [0.15, 0.2) is 5.82 Å². The van der Waals surface area contributed by atoms with Crippen LogP contribution in [0.15, 0.2) is 18.3 Å². The molecule has 0 radical (unpaired) electrons. The largest absolute Gasteiger partial charge is 0.391 e. The molecule has 4 heteroatoms. The zero-order valence-electron chi connectivity index (χ0n) is 11.9. The number of anilines is 1. The second-order valence-electron chi connectivity index (χ2n) is 5.92. The van der Waals surface area contributed by atoms with Gasteiger partial charge in [0.05, 0.1) is 6.10 Å². The van der Waals surface area contributed by atoms with Gasteiger partial charge in [0, 0.05) is 19.3 Å². The monoisotopic (exact) mass is 273 g/mol. The van der Waals surface area contributed by atoms with Crippen molar-refractivity contribution in [2.75, 3.05) is 18.0 Å². The lowest BCUT2D eigenvalue weighted by atomic mass is 9.89. The third-order valence-electron chi connectivity index (χ3n) is 4.31. The molecule has 1 aromatic heterocycles. The first-order valence-electron chi connectivity index (χ1n) is 7.75. The highest BCUT2D eigenvalue weighted by Gasteiger charge is 2.21. The Balaban J connectivity index is 1.66. The van der Waals surface area contributed by atoms with E-state index in [1.54, 1.807) is 0 Å². The quantitative estimate of drug-likeness (QED) is 0.920. The van der Waals surface area contributed by atoms with Gasteiger partial charge in [-0.1, -0.05) is 25.3 Å². The smallest absolute Gasteiger partial charge is 0.153 e. The highest BCUT2D eigenvalue weighted by atomic mass is 16.3. The summed E-state index contributed by atoms with van der Waals surface area (Å²) < 4.78 is 0. The van der Waals surface area contributed by atoms with Crippen LogP contribution in [-0.2, 0) is 0 Å². The van der Waals surface area contributed by atoms with Gasteiger partial charge in [-0.3, -0.25) is 0 Å². The van der Waals surface area contributed by atoms with Crippen LogP contribution < -0.4 is 4.90 Å². The van der Waals surface area contributed by atoms with Crippen LogP contribution in [0.25, 0.3) is 6.08 Å². The molecule has 1 aliphatic heterocycles. The Morgan fingerprint density at radius 1 is 1.20 bits per heavy atom. The third kappa shape index (κ3) is 3.37. The number of nitrogens with zero attached hydrogens (tertiary/aromatic N) is 3. The van der Waals surface area contributed by atoms with Gasteiger partial charge in [0.2, 0.25) is 0 Å². The van der Waals surface area contributed by atoms with E-state index in [0.717, 1.165) is 24.6 Å². The topological polar surface area (TPSA) is 49.2 Å². The first-order valence-corrected chi connectivity index (χ1v) is 7.75. The Morgan fingerprint density at radius 2 is 2.05 bits per heavy atom. The van der Waals surface area contributed by atoms with Crippen molar-refractivity contribution in [3.8, 4) is 0 Å². The number of aliphatic hydroxyl groups excluding tert-OH is 1. The minimum Gasteiger partial charge on any atom is -0.391 e. The van der Waals surface area contributed by atoms with Gasteiger partial charge in [-0.2, -0.15) is 0 Å². The molecule has 20 heavy (non-hydrogen) atoms. The Kier molecular flexibility index (Phi) is 4.31. The predicted molar refractivity (Wildman–Crippen MR) is 80.5 cm³/mol. The van der Waals surface area contributed by atoms with E-state index in [1.165, 1.54) is 32.1 Å². The highest BCUT2D eigenvalue weighted by molar-refractivity contribution is 5.46. The van der Waals surface area contributed by atoms with Crippen molar-refractivity contribution < 1.29 is 5.11 Å². The van der Waals surface area contributed by atoms with Crippen molar-refractivity contribution in [1.29, 1.82) is 0 Å². The van der Waals surface area contributed by atoms with Gasteiger partial charge in [0.1, 0.15) is 5.82 Å². The number of hydrogen-bond donors (Lipinski definition) is 1. The third-order valence-corrected chi connectivity index (χ3v) is 4.31. The first kappa shape index (κ1) is 13.6. The molecule has 1 aliphatic carbocycles. The van der Waals surface area contributed by atoms with Crippen LogP contribution in [0.4, 0.5) is 5.82 Å². The second kappa shape index (κ2) is 6.35. The average Bonchev–Trinajstić information content (AvgIpc) is 2.93. The van der Waals surface area contributed by atoms with Crippen molar-refractivity contribution in [3.63, 3.8) is 0 Å². The summed E-state index contributed by atoms with van der Waals surface area (Å²) in [5.74, 6) is 2.42. The molecule has 2 fully saturated rings. The SMILES string of the molecule is O[C@H]1CCN(c2ccnc(/C=C/C3CCCCC3)n2)C1. The standard InChI is InChI=1S/C16H23N3O/c20-14-9-11-19(12-14)16-8-10-17-15(18-16)7-6-13-4-2-1-3-5-13/h6-8,10,13-14,20H,1-5,9,11-12H2/b7-6+/t14-/m0/s1. The van der Waals surface area contributed by atoms with Crippen LogP contribution in [0.3, 0.4) is 0 Å². The summed E-state index contributed by atoms with van der Waals surface area (Å²) in [6.45, 7) is 1.56. The fourth-order valence-electron chi connectivity index (χ4n) is 3.12. The lowest BCUT2D eigenvalue weighted by Gasteiger charge is -2.18. The maximum absolute atomic E-state index is 9.60. The van der Waals surface area contributed by atoms with E-state index in [-0.39, 0.29) is 6.10 Å². The van der Waals surface area contributed by atoms with E-state index < -0.39 is 0 Å². The van der Waals surface area contributed by atoms with E-state index in [1.807, 2.05) is 12.3 Å². The van der Waals surface area contributed by atoms with Gasteiger partial charge in [-0.25, -0.2) is 9.97 Å². The molecule has 2 aliphatic rings. The number of β-amino-alcohol motifs (C(OH)–C–C–N with tert-alkyl or cyclic N) is 1. The minimum absolute atomic E-state index is 0.216. The van der Waals surface area contributed by atoms with E-state index in [2.05, 4.69) is 27.0 Å². The fraction of sp³-hybridized carbons (Fsp3) is 0.625. The Morgan fingerprint density at radius 3 is 2.80 bits per heavy atom. The van der Waals surface area contributed by atoms with Crippen molar-refractivity contribution >= 4 is 11.9 Å². The maximum atomic E-state index is 9.60. The molecule has 1 N–H and O–H groups in total. The van der Waals surface area contributed by atoms with Gasteiger partial charge in [-0.15, -0.1) is 0 Å². The van der Waals surface area contributed by atoms with Crippen molar-refractivity contribution in [2.45, 2.75) is 44.6 Å². The normalized spacial score (nSPS) is 24.6. The average molecular weight is 273 g/mol. The Hall–Kier alpha value is -1.42. The molecule has 1 saturated heterocycles. The molecule has 2 heterocycles. The van der Waals surface area contributed by atoms with Crippen LogP contribution in [0, 0.1) is 5.92 Å². The molecule has 1 atom stereocenters. The molecule has 0 spiro atoms. The molecule has 1 aromatic rings. The molecular weight excluding hydrogens is 250 g/mol. The summed E-state index contributed by atoms with van der Waals surface area (Å²) in [5.41, 5.74) is 0. The predicted octanol–water partition coefficient (Wildman–Crippen LogP) is 2.64. The zero-order chi connectivity index (χ0) is 13.8. The molecule has 3 rings (SSSR count). The zero-order valence-corrected chi connectivity index (χ0v) is 11.9. The number of allylic oxidation sites excluding steroid dienone is 1. The number of aliphatic hydroxyl groups is 1. The first-order chi connectivity index (χ1) is 9.81. The highest BCUT2D eigenvalue weighted by Crippen LogP contribution is 2.25. The molecule has 0 aromatic carbocycles. The summed E-state index contributed by atoms with van der Waals surface area (Å²) in [6, 6.07) is 1.93. The molecule has 4 nitrogen and oxygen atoms in total. The van der Waals surface area contributed by atoms with Crippen LogP contribution in [-0.4, -0.2) is 34.3 Å². The van der Waals surface area contributed by atoms with Gasteiger partial charge < -0.3 is 10.0 Å². The van der Waals surface area contributed by atoms with Crippen molar-refractivity contribution in [2.24, 2.45) is 5.92 Å². The number of hydrogen-bond acceptors (Lipinski definition) is 4. The molecular formula is C16H23N3O. The number of rotatable bonds is 3. The molecule has 0 bridgehead atoms. The van der Waals surface area contributed by atoms with Gasteiger partial charge in [0.25, 0.3) is 0 Å². The maximum Gasteiger partial charge on any atom is 0.153 e.